The van der Waals surface area contributed by atoms with Gasteiger partial charge in [-0.1, -0.05) is 32.0 Å². The summed E-state index contributed by atoms with van der Waals surface area (Å²) in [5.41, 5.74) is 23.2. The predicted octanol–water partition coefficient (Wildman–Crippen LogP) is -0.454. The van der Waals surface area contributed by atoms with E-state index >= 15 is 0 Å². The number of Topliss-reactive ketones (excluding diaryl/α,β-unsaturated/α-hetero) is 1. The molecular weight excluding hydrogens is 502 g/mol. The van der Waals surface area contributed by atoms with Crippen molar-refractivity contribution in [1.82, 2.24) is 15.5 Å². The molecule has 0 spiro atoms. The lowest BCUT2D eigenvalue weighted by molar-refractivity contribution is -0.137. The standard InChI is InChI=1S/C26H42N9O4/c1-16(2)20(22(37)19(27)12-6-7-13-33-25(29)30)21(28)24(39)35(23(38)17-9-4-3-5-10-17)18(15-36)11-8-14-34-26(31)32/h3-5,9-10,16,18-21H,6-8,11-14,27-28H2,1-2H3,(H4,29,30,33)(H4,31,32,34)/t18-,19-,20?,21-/m0/s1. The van der Waals surface area contributed by atoms with Crippen molar-refractivity contribution in [3.63, 3.8) is 0 Å². The van der Waals surface area contributed by atoms with E-state index in [1.165, 1.54) is 12.1 Å². The first-order valence-electron chi connectivity index (χ1n) is 12.9. The number of imide groups is 1. The lowest BCUT2D eigenvalue weighted by Gasteiger charge is -2.33. The zero-order valence-electron chi connectivity index (χ0n) is 22.6. The van der Waals surface area contributed by atoms with Gasteiger partial charge in [0.05, 0.1) is 12.1 Å². The van der Waals surface area contributed by atoms with Gasteiger partial charge in [-0.2, -0.15) is 0 Å². The first-order valence-corrected chi connectivity index (χ1v) is 12.9. The van der Waals surface area contributed by atoms with Crippen molar-refractivity contribution in [2.24, 2.45) is 34.8 Å². The largest absolute Gasteiger partial charge is 0.370 e. The summed E-state index contributed by atoms with van der Waals surface area (Å²) in [5, 5.41) is 19.7. The zero-order chi connectivity index (χ0) is 29.5. The first kappa shape index (κ1) is 33.2. The summed E-state index contributed by atoms with van der Waals surface area (Å²) in [6.07, 6.45) is 3.67. The molecule has 1 rings (SSSR count). The van der Waals surface area contributed by atoms with Crippen LogP contribution in [0.4, 0.5) is 0 Å². The summed E-state index contributed by atoms with van der Waals surface area (Å²) in [6.45, 7) is 4.17. The number of carbonyl (C=O) groups excluding carboxylic acids is 4. The molecule has 0 bridgehead atoms. The van der Waals surface area contributed by atoms with Crippen molar-refractivity contribution in [2.45, 2.75) is 64.1 Å². The summed E-state index contributed by atoms with van der Waals surface area (Å²) in [6, 6.07) is 4.38. The van der Waals surface area contributed by atoms with E-state index in [0.717, 1.165) is 4.90 Å². The number of hydrogen-bond acceptors (Lipinski definition) is 8. The summed E-state index contributed by atoms with van der Waals surface area (Å²) in [7, 11) is 0. The van der Waals surface area contributed by atoms with Gasteiger partial charge < -0.3 is 33.6 Å². The van der Waals surface area contributed by atoms with Crippen molar-refractivity contribution in [1.29, 1.82) is 10.8 Å². The van der Waals surface area contributed by atoms with E-state index in [-0.39, 0.29) is 36.4 Å². The highest BCUT2D eigenvalue weighted by molar-refractivity contribution is 6.09. The molecule has 0 fully saturated rings. The van der Waals surface area contributed by atoms with E-state index in [0.29, 0.717) is 32.2 Å². The van der Waals surface area contributed by atoms with Crippen LogP contribution in [-0.2, 0) is 14.4 Å². The highest BCUT2D eigenvalue weighted by Gasteiger charge is 2.41. The maximum absolute atomic E-state index is 13.7. The highest BCUT2D eigenvalue weighted by Crippen LogP contribution is 2.22. The molecule has 1 radical (unpaired) electrons. The summed E-state index contributed by atoms with van der Waals surface area (Å²) in [4.78, 5) is 53.3. The van der Waals surface area contributed by atoms with Gasteiger partial charge in [0.15, 0.2) is 17.7 Å². The normalized spacial score (nSPS) is 14.0. The molecule has 0 saturated heterocycles. The lowest BCUT2D eigenvalue weighted by atomic mass is 9.80. The van der Waals surface area contributed by atoms with E-state index in [4.69, 9.17) is 33.8 Å². The van der Waals surface area contributed by atoms with Crippen molar-refractivity contribution in [3.8, 4) is 0 Å². The smallest absolute Gasteiger partial charge is 0.261 e. The molecule has 1 aromatic carbocycles. The summed E-state index contributed by atoms with van der Waals surface area (Å²) < 4.78 is 0. The van der Waals surface area contributed by atoms with Crippen LogP contribution in [0.3, 0.4) is 0 Å². The van der Waals surface area contributed by atoms with Gasteiger partial charge in [0.2, 0.25) is 12.2 Å². The summed E-state index contributed by atoms with van der Waals surface area (Å²) in [5.74, 6) is -3.79. The molecule has 0 aliphatic rings. The molecule has 215 valence electrons. The van der Waals surface area contributed by atoms with Crippen molar-refractivity contribution in [3.05, 3.63) is 35.9 Å². The SMILES string of the molecule is CC(C)C(C(=O)[C@@H](N)CCCCNC(=N)N)[C@H](N)C(=O)N(C(=O)c1ccccc1)[C@H]([C]=O)CCCNC(=N)N. The van der Waals surface area contributed by atoms with Crippen LogP contribution in [0.5, 0.6) is 0 Å². The minimum Gasteiger partial charge on any atom is -0.370 e. The third kappa shape index (κ3) is 10.8. The zero-order valence-corrected chi connectivity index (χ0v) is 22.6. The van der Waals surface area contributed by atoms with Gasteiger partial charge in [-0.15, -0.1) is 0 Å². The van der Waals surface area contributed by atoms with Gasteiger partial charge in [0.1, 0.15) is 6.04 Å². The Labute approximate surface area is 229 Å². The Morgan fingerprint density at radius 3 is 2.00 bits per heavy atom. The molecule has 13 heteroatoms. The molecule has 0 saturated carbocycles. The number of nitrogens with zero attached hydrogens (tertiary/aromatic N) is 1. The fourth-order valence-corrected chi connectivity index (χ4v) is 4.21. The minimum absolute atomic E-state index is 0.0505. The van der Waals surface area contributed by atoms with Crippen LogP contribution in [0.1, 0.15) is 56.3 Å². The lowest BCUT2D eigenvalue weighted by Crippen LogP contribution is -2.58. The second-order valence-electron chi connectivity index (χ2n) is 9.64. The molecule has 1 aromatic rings. The quantitative estimate of drug-likeness (QED) is 0.0712. The Bertz CT molecular complexity index is 987. The fourth-order valence-electron chi connectivity index (χ4n) is 4.21. The van der Waals surface area contributed by atoms with E-state index in [9.17, 15) is 19.2 Å². The number of ketones is 1. The van der Waals surface area contributed by atoms with E-state index in [2.05, 4.69) is 10.6 Å². The number of nitrogens with one attached hydrogen (secondary N) is 4. The van der Waals surface area contributed by atoms with Crippen LogP contribution in [0, 0.1) is 22.7 Å². The number of amides is 2. The van der Waals surface area contributed by atoms with Gasteiger partial charge >= 0.3 is 0 Å². The topological polar surface area (TPSA) is 247 Å². The van der Waals surface area contributed by atoms with Gasteiger partial charge in [-0.05, 0) is 50.2 Å². The van der Waals surface area contributed by atoms with Crippen LogP contribution in [0.25, 0.3) is 0 Å². The van der Waals surface area contributed by atoms with Crippen LogP contribution >= 0.6 is 0 Å². The number of unbranched alkanes of at least 4 members (excludes halogenated alkanes) is 1. The molecule has 39 heavy (non-hydrogen) atoms. The molecule has 0 aliphatic heterocycles. The molecule has 2 amide bonds. The third-order valence-corrected chi connectivity index (χ3v) is 6.24. The van der Waals surface area contributed by atoms with E-state index < -0.39 is 41.6 Å². The van der Waals surface area contributed by atoms with Crippen LogP contribution in [0.2, 0.25) is 0 Å². The van der Waals surface area contributed by atoms with Crippen LogP contribution in [-0.4, -0.2) is 71.9 Å². The number of nitrogens with two attached hydrogens (primary N) is 4. The first-order chi connectivity index (χ1) is 18.4. The maximum atomic E-state index is 13.7. The molecule has 4 atom stereocenters. The average Bonchev–Trinajstić information content (AvgIpc) is 2.89. The van der Waals surface area contributed by atoms with Crippen LogP contribution in [0.15, 0.2) is 30.3 Å². The number of hydrogen-bond donors (Lipinski definition) is 8. The van der Waals surface area contributed by atoms with Gasteiger partial charge in [0, 0.05) is 24.6 Å². The van der Waals surface area contributed by atoms with E-state index in [1.54, 1.807) is 38.3 Å². The molecule has 1 unspecified atom stereocenters. The Morgan fingerprint density at radius 2 is 1.49 bits per heavy atom. The van der Waals surface area contributed by atoms with Crippen molar-refractivity contribution < 1.29 is 19.2 Å². The minimum atomic E-state index is -1.43. The molecule has 12 N–H and O–H groups in total. The molecular formula is C26H42N9O4. The fraction of sp³-hybridized carbons (Fsp3) is 0.538. The second kappa shape index (κ2) is 16.9. The third-order valence-electron chi connectivity index (χ3n) is 6.24. The van der Waals surface area contributed by atoms with Crippen molar-refractivity contribution in [2.75, 3.05) is 13.1 Å². The summed E-state index contributed by atoms with van der Waals surface area (Å²) >= 11 is 0. The molecule has 0 heterocycles. The number of benzene rings is 1. The predicted molar refractivity (Wildman–Crippen MR) is 149 cm³/mol. The monoisotopic (exact) mass is 544 g/mol. The average molecular weight is 545 g/mol. The van der Waals surface area contributed by atoms with Gasteiger partial charge in [-0.25, -0.2) is 0 Å². The molecule has 0 aromatic heterocycles. The molecule has 13 nitrogen and oxygen atoms in total. The van der Waals surface area contributed by atoms with E-state index in [1.807, 2.05) is 0 Å². The van der Waals surface area contributed by atoms with Gasteiger partial charge in [0.25, 0.3) is 5.91 Å². The van der Waals surface area contributed by atoms with Crippen LogP contribution < -0.4 is 33.6 Å². The Morgan fingerprint density at radius 1 is 0.923 bits per heavy atom. The maximum Gasteiger partial charge on any atom is 0.261 e. The number of rotatable bonds is 17. The Kier molecular flexibility index (Phi) is 14.4. The Hall–Kier alpha value is -3.84. The van der Waals surface area contributed by atoms with Gasteiger partial charge in [-0.3, -0.25) is 34.9 Å². The second-order valence-corrected chi connectivity index (χ2v) is 9.64. The number of guanidine groups is 2. The number of carbonyl (C=O) groups is 3. The molecule has 0 aliphatic carbocycles. The Balaban J connectivity index is 3.15. The highest BCUT2D eigenvalue weighted by atomic mass is 16.2. The van der Waals surface area contributed by atoms with Crippen molar-refractivity contribution >= 4 is 35.8 Å².